The minimum atomic E-state index is -0.520. The second-order valence-electron chi connectivity index (χ2n) is 5.80. The molecule has 0 aliphatic carbocycles. The van der Waals surface area contributed by atoms with E-state index in [0.717, 1.165) is 17.0 Å². The number of anilines is 2. The molecule has 0 saturated carbocycles. The number of fused-ring (bicyclic) bond motifs is 1. The summed E-state index contributed by atoms with van der Waals surface area (Å²) >= 11 is 1.49. The fraction of sp³-hybridized carbons (Fsp3) is 0.353. The van der Waals surface area contributed by atoms with Crippen LogP contribution in [-0.2, 0) is 15.3 Å². The third-order valence-electron chi connectivity index (χ3n) is 3.85. The molecule has 2 heterocycles. The molecule has 2 N–H and O–H groups in total. The van der Waals surface area contributed by atoms with E-state index in [0.29, 0.717) is 28.6 Å². The number of thioether (sulfide) groups is 1. The molecular formula is C17H19N3O4S. The van der Waals surface area contributed by atoms with E-state index in [-0.39, 0.29) is 11.8 Å². The van der Waals surface area contributed by atoms with Crippen molar-refractivity contribution in [1.82, 2.24) is 5.16 Å². The van der Waals surface area contributed by atoms with Crippen LogP contribution in [0.4, 0.5) is 11.4 Å². The van der Waals surface area contributed by atoms with Crippen molar-refractivity contribution in [2.75, 3.05) is 16.4 Å². The van der Waals surface area contributed by atoms with E-state index in [1.54, 1.807) is 25.1 Å². The van der Waals surface area contributed by atoms with Crippen LogP contribution in [0.2, 0.25) is 0 Å². The molecule has 132 valence electrons. The van der Waals surface area contributed by atoms with Crippen molar-refractivity contribution in [1.29, 1.82) is 0 Å². The lowest BCUT2D eigenvalue weighted by Gasteiger charge is -2.23. The molecular weight excluding hydrogens is 342 g/mol. The smallest absolute Gasteiger partial charge is 0.265 e. The molecule has 2 aromatic rings. The SMILES string of the molecule is Cc1noc(C)c1CSCC(=O)Nc1ccc2c(c1)NC(=O)[C@@H](C)O2. The molecule has 1 aromatic carbocycles. The number of hydrogen-bond donors (Lipinski definition) is 2. The summed E-state index contributed by atoms with van der Waals surface area (Å²) in [6.45, 7) is 5.43. The first-order chi connectivity index (χ1) is 11.9. The van der Waals surface area contributed by atoms with Gasteiger partial charge in [-0.25, -0.2) is 0 Å². The zero-order chi connectivity index (χ0) is 18.0. The summed E-state index contributed by atoms with van der Waals surface area (Å²) in [4.78, 5) is 23.8. The lowest BCUT2D eigenvalue weighted by atomic mass is 10.2. The highest BCUT2D eigenvalue weighted by molar-refractivity contribution is 7.99. The Bertz CT molecular complexity index is 799. The van der Waals surface area contributed by atoms with Gasteiger partial charge in [0.25, 0.3) is 5.91 Å². The molecule has 25 heavy (non-hydrogen) atoms. The average molecular weight is 361 g/mol. The van der Waals surface area contributed by atoms with E-state index >= 15 is 0 Å². The molecule has 3 rings (SSSR count). The van der Waals surface area contributed by atoms with Crippen molar-refractivity contribution in [3.63, 3.8) is 0 Å². The maximum absolute atomic E-state index is 12.1. The number of ether oxygens (including phenoxy) is 1. The minimum absolute atomic E-state index is 0.117. The highest BCUT2D eigenvalue weighted by Crippen LogP contribution is 2.32. The first-order valence-corrected chi connectivity index (χ1v) is 9.00. The first kappa shape index (κ1) is 17.3. The number of carbonyl (C=O) groups excluding carboxylic acids is 2. The number of aromatic nitrogens is 1. The lowest BCUT2D eigenvalue weighted by Crippen LogP contribution is -2.34. The van der Waals surface area contributed by atoms with E-state index in [2.05, 4.69) is 15.8 Å². The summed E-state index contributed by atoms with van der Waals surface area (Å²) in [6, 6.07) is 5.17. The number of carbonyl (C=O) groups is 2. The van der Waals surface area contributed by atoms with Crippen LogP contribution in [0.1, 0.15) is 23.9 Å². The Labute approximate surface area is 149 Å². The predicted molar refractivity (Wildman–Crippen MR) is 95.9 cm³/mol. The van der Waals surface area contributed by atoms with Crippen LogP contribution in [-0.4, -0.2) is 28.8 Å². The normalized spacial score (nSPS) is 16.0. The van der Waals surface area contributed by atoms with Gasteiger partial charge in [0.15, 0.2) is 6.10 Å². The van der Waals surface area contributed by atoms with Gasteiger partial charge in [0.2, 0.25) is 5.91 Å². The third-order valence-corrected chi connectivity index (χ3v) is 4.81. The van der Waals surface area contributed by atoms with E-state index in [9.17, 15) is 9.59 Å². The van der Waals surface area contributed by atoms with E-state index in [1.807, 2.05) is 13.8 Å². The molecule has 0 saturated heterocycles. The van der Waals surface area contributed by atoms with Gasteiger partial charge in [0, 0.05) is 17.0 Å². The Kier molecular flexibility index (Phi) is 4.98. The van der Waals surface area contributed by atoms with Crippen molar-refractivity contribution >= 4 is 35.0 Å². The number of nitrogens with zero attached hydrogens (tertiary/aromatic N) is 1. The van der Waals surface area contributed by atoms with Gasteiger partial charge in [0.05, 0.1) is 17.1 Å². The molecule has 0 spiro atoms. The van der Waals surface area contributed by atoms with Gasteiger partial charge < -0.3 is 19.9 Å². The quantitative estimate of drug-likeness (QED) is 0.850. The Hall–Kier alpha value is -2.48. The Morgan fingerprint density at radius 1 is 1.40 bits per heavy atom. The zero-order valence-corrected chi connectivity index (χ0v) is 15.0. The first-order valence-electron chi connectivity index (χ1n) is 7.85. The standard InChI is InChI=1S/C17H19N3O4S/c1-9-13(10(2)24-20-9)7-25-8-16(21)18-12-4-5-15-14(6-12)19-17(22)11(3)23-15/h4-6,11H,7-8H2,1-3H3,(H,18,21)(H,19,22)/t11-/m1/s1. The van der Waals surface area contributed by atoms with Gasteiger partial charge in [-0.1, -0.05) is 5.16 Å². The number of aryl methyl sites for hydroxylation is 2. The van der Waals surface area contributed by atoms with Crippen LogP contribution in [0.15, 0.2) is 22.7 Å². The van der Waals surface area contributed by atoms with Crippen LogP contribution >= 0.6 is 11.8 Å². The molecule has 2 amide bonds. The molecule has 8 heteroatoms. The van der Waals surface area contributed by atoms with Crippen LogP contribution in [0.25, 0.3) is 0 Å². The van der Waals surface area contributed by atoms with Crippen molar-refractivity contribution in [3.05, 3.63) is 35.2 Å². The molecule has 0 fully saturated rings. The van der Waals surface area contributed by atoms with E-state index in [4.69, 9.17) is 9.26 Å². The molecule has 1 aliphatic heterocycles. The fourth-order valence-corrected chi connectivity index (χ4v) is 3.41. The molecule has 1 atom stereocenters. The third kappa shape index (κ3) is 3.96. The molecule has 0 unspecified atom stereocenters. The number of benzene rings is 1. The summed E-state index contributed by atoms with van der Waals surface area (Å²) in [5.74, 6) is 2.03. The highest BCUT2D eigenvalue weighted by Gasteiger charge is 2.23. The minimum Gasteiger partial charge on any atom is -0.479 e. The van der Waals surface area contributed by atoms with Gasteiger partial charge in [-0.2, -0.15) is 0 Å². The number of amides is 2. The van der Waals surface area contributed by atoms with Crippen molar-refractivity contribution < 1.29 is 18.8 Å². The summed E-state index contributed by atoms with van der Waals surface area (Å²) in [5.41, 5.74) is 3.05. The molecule has 1 aliphatic rings. The van der Waals surface area contributed by atoms with Gasteiger partial charge >= 0.3 is 0 Å². The molecule has 0 radical (unpaired) electrons. The summed E-state index contributed by atoms with van der Waals surface area (Å²) in [6.07, 6.45) is -0.520. The van der Waals surface area contributed by atoms with Crippen molar-refractivity contribution in [3.8, 4) is 5.75 Å². The van der Waals surface area contributed by atoms with Gasteiger partial charge in [-0.05, 0) is 39.0 Å². The Morgan fingerprint density at radius 3 is 2.92 bits per heavy atom. The maximum atomic E-state index is 12.1. The number of nitrogens with one attached hydrogen (secondary N) is 2. The van der Waals surface area contributed by atoms with Crippen LogP contribution < -0.4 is 15.4 Å². The van der Waals surface area contributed by atoms with Gasteiger partial charge in [-0.3, -0.25) is 9.59 Å². The Morgan fingerprint density at radius 2 is 2.20 bits per heavy atom. The molecule has 7 nitrogen and oxygen atoms in total. The Balaban J connectivity index is 1.55. The van der Waals surface area contributed by atoms with E-state index < -0.39 is 6.10 Å². The molecule has 1 aromatic heterocycles. The van der Waals surface area contributed by atoms with Crippen LogP contribution in [0, 0.1) is 13.8 Å². The van der Waals surface area contributed by atoms with Crippen LogP contribution in [0.5, 0.6) is 5.75 Å². The average Bonchev–Trinajstić information content (AvgIpc) is 2.88. The highest BCUT2D eigenvalue weighted by atomic mass is 32.2. The zero-order valence-electron chi connectivity index (χ0n) is 14.2. The van der Waals surface area contributed by atoms with Crippen molar-refractivity contribution in [2.45, 2.75) is 32.6 Å². The summed E-state index contributed by atoms with van der Waals surface area (Å²) < 4.78 is 10.6. The largest absolute Gasteiger partial charge is 0.479 e. The van der Waals surface area contributed by atoms with Crippen molar-refractivity contribution in [2.24, 2.45) is 0 Å². The maximum Gasteiger partial charge on any atom is 0.265 e. The van der Waals surface area contributed by atoms with Gasteiger partial charge in [0.1, 0.15) is 11.5 Å². The van der Waals surface area contributed by atoms with Gasteiger partial charge in [-0.15, -0.1) is 11.8 Å². The topological polar surface area (TPSA) is 93.5 Å². The summed E-state index contributed by atoms with van der Waals surface area (Å²) in [5, 5.41) is 9.48. The molecule has 0 bridgehead atoms. The summed E-state index contributed by atoms with van der Waals surface area (Å²) in [7, 11) is 0. The lowest BCUT2D eigenvalue weighted by molar-refractivity contribution is -0.122. The monoisotopic (exact) mass is 361 g/mol. The predicted octanol–water partition coefficient (Wildman–Crippen LogP) is 2.88. The van der Waals surface area contributed by atoms with E-state index in [1.165, 1.54) is 11.8 Å². The second-order valence-corrected chi connectivity index (χ2v) is 6.79. The van der Waals surface area contributed by atoms with Crippen LogP contribution in [0.3, 0.4) is 0 Å². The second kappa shape index (κ2) is 7.18. The number of rotatable bonds is 5. The fourth-order valence-electron chi connectivity index (χ4n) is 2.44. The number of hydrogen-bond acceptors (Lipinski definition) is 6.